The van der Waals surface area contributed by atoms with Crippen LogP contribution in [0, 0.1) is 0 Å². The molecule has 1 rings (SSSR count). The van der Waals surface area contributed by atoms with Crippen molar-refractivity contribution in [3.8, 4) is 5.75 Å². The molecule has 0 heterocycles. The maximum Gasteiger partial charge on any atom is 0.312 e. The molecule has 106 valence electrons. The first-order chi connectivity index (χ1) is 8.96. The number of carbonyl (C=O) groups is 1. The van der Waals surface area contributed by atoms with Crippen molar-refractivity contribution in [3.05, 3.63) is 28.8 Å². The van der Waals surface area contributed by atoms with Gasteiger partial charge in [-0.1, -0.05) is 32.9 Å². The normalized spacial score (nSPS) is 12.5. The summed E-state index contributed by atoms with van der Waals surface area (Å²) in [6.45, 7) is 6.27. The first kappa shape index (κ1) is 15.5. The van der Waals surface area contributed by atoms with Gasteiger partial charge < -0.3 is 15.6 Å². The highest BCUT2D eigenvalue weighted by Crippen LogP contribution is 2.34. The number of carboxylic acid groups (broad SMARTS) is 1. The molecule has 0 bridgehead atoms. The molecule has 0 radical (unpaired) electrons. The number of carboxylic acids is 1. The quantitative estimate of drug-likeness (QED) is 0.829. The third kappa shape index (κ3) is 3.26. The number of rotatable bonds is 6. The second kappa shape index (κ2) is 6.57. The Bertz CT molecular complexity index is 455. The Morgan fingerprint density at radius 2 is 2.05 bits per heavy atom. The van der Waals surface area contributed by atoms with Crippen LogP contribution in [0.2, 0.25) is 0 Å². The van der Waals surface area contributed by atoms with Crippen molar-refractivity contribution in [1.29, 1.82) is 0 Å². The van der Waals surface area contributed by atoms with E-state index < -0.39 is 11.9 Å². The SMILES string of the molecule is CCc1cc(C(CN)C(=O)O)cc(C(C)C)c1OC. The van der Waals surface area contributed by atoms with Gasteiger partial charge >= 0.3 is 5.97 Å². The molecule has 1 unspecified atom stereocenters. The topological polar surface area (TPSA) is 72.6 Å². The minimum atomic E-state index is -0.885. The Labute approximate surface area is 114 Å². The van der Waals surface area contributed by atoms with Crippen molar-refractivity contribution < 1.29 is 14.6 Å². The monoisotopic (exact) mass is 265 g/mol. The molecule has 4 nitrogen and oxygen atoms in total. The van der Waals surface area contributed by atoms with Crippen molar-refractivity contribution in [1.82, 2.24) is 0 Å². The molecule has 0 saturated carbocycles. The first-order valence-electron chi connectivity index (χ1n) is 6.59. The number of hydrogen-bond acceptors (Lipinski definition) is 3. The molecular weight excluding hydrogens is 242 g/mol. The van der Waals surface area contributed by atoms with Gasteiger partial charge in [0.15, 0.2) is 0 Å². The fourth-order valence-corrected chi connectivity index (χ4v) is 2.26. The van der Waals surface area contributed by atoms with E-state index in [1.165, 1.54) is 0 Å². The fourth-order valence-electron chi connectivity index (χ4n) is 2.26. The summed E-state index contributed by atoms with van der Waals surface area (Å²) in [7, 11) is 1.65. The summed E-state index contributed by atoms with van der Waals surface area (Å²) in [6, 6.07) is 3.81. The van der Waals surface area contributed by atoms with Gasteiger partial charge in [0.1, 0.15) is 5.75 Å². The van der Waals surface area contributed by atoms with E-state index in [1.807, 2.05) is 19.1 Å². The molecule has 1 aromatic carbocycles. The van der Waals surface area contributed by atoms with Crippen LogP contribution in [0.5, 0.6) is 5.75 Å². The highest BCUT2D eigenvalue weighted by molar-refractivity contribution is 5.77. The van der Waals surface area contributed by atoms with Gasteiger partial charge in [0, 0.05) is 6.54 Å². The van der Waals surface area contributed by atoms with E-state index in [9.17, 15) is 9.90 Å². The largest absolute Gasteiger partial charge is 0.496 e. The lowest BCUT2D eigenvalue weighted by Gasteiger charge is -2.20. The van der Waals surface area contributed by atoms with Crippen LogP contribution in [-0.2, 0) is 11.2 Å². The number of aliphatic carboxylic acids is 1. The summed E-state index contributed by atoms with van der Waals surface area (Å²) in [5.74, 6) is -0.409. The highest BCUT2D eigenvalue weighted by atomic mass is 16.5. The van der Waals surface area contributed by atoms with Gasteiger partial charge in [-0.3, -0.25) is 4.79 Å². The molecule has 0 saturated heterocycles. The van der Waals surface area contributed by atoms with Crippen LogP contribution >= 0.6 is 0 Å². The molecule has 19 heavy (non-hydrogen) atoms. The Morgan fingerprint density at radius 3 is 2.42 bits per heavy atom. The summed E-state index contributed by atoms with van der Waals surface area (Å²) in [5.41, 5.74) is 8.41. The van der Waals surface area contributed by atoms with E-state index in [2.05, 4.69) is 13.8 Å². The maximum atomic E-state index is 11.3. The predicted octanol–water partition coefficient (Wildman–Crippen LogP) is 2.51. The van der Waals surface area contributed by atoms with Crippen molar-refractivity contribution in [2.24, 2.45) is 5.73 Å². The number of ether oxygens (including phenoxy) is 1. The lowest BCUT2D eigenvalue weighted by molar-refractivity contribution is -0.138. The molecule has 0 amide bonds. The van der Waals surface area contributed by atoms with E-state index in [4.69, 9.17) is 10.5 Å². The summed E-state index contributed by atoms with van der Waals surface area (Å²) in [6.07, 6.45) is 0.799. The molecule has 0 fully saturated rings. The van der Waals surface area contributed by atoms with Gasteiger partial charge in [-0.25, -0.2) is 0 Å². The third-order valence-corrected chi connectivity index (χ3v) is 3.36. The number of nitrogens with two attached hydrogens (primary N) is 1. The molecular formula is C15H23NO3. The Balaban J connectivity index is 3.43. The molecule has 0 aromatic heterocycles. The maximum absolute atomic E-state index is 11.3. The third-order valence-electron chi connectivity index (χ3n) is 3.36. The lowest BCUT2D eigenvalue weighted by Crippen LogP contribution is -2.21. The molecule has 1 aromatic rings. The minimum Gasteiger partial charge on any atom is -0.496 e. The number of benzene rings is 1. The standard InChI is InChI=1S/C15H23NO3/c1-5-10-6-11(13(8-16)15(17)18)7-12(9(2)3)14(10)19-4/h6-7,9,13H,5,8,16H2,1-4H3,(H,17,18). The molecule has 4 heteroatoms. The predicted molar refractivity (Wildman–Crippen MR) is 75.9 cm³/mol. The Hall–Kier alpha value is -1.55. The number of hydrogen-bond donors (Lipinski definition) is 2. The van der Waals surface area contributed by atoms with E-state index in [1.54, 1.807) is 7.11 Å². The zero-order valence-corrected chi connectivity index (χ0v) is 12.1. The highest BCUT2D eigenvalue weighted by Gasteiger charge is 2.22. The average molecular weight is 265 g/mol. The molecule has 0 spiro atoms. The zero-order valence-electron chi connectivity index (χ0n) is 12.1. The summed E-state index contributed by atoms with van der Waals surface area (Å²) >= 11 is 0. The Morgan fingerprint density at radius 1 is 1.42 bits per heavy atom. The van der Waals surface area contributed by atoms with Crippen molar-refractivity contribution >= 4 is 5.97 Å². The smallest absolute Gasteiger partial charge is 0.312 e. The van der Waals surface area contributed by atoms with Gasteiger partial charge in [-0.2, -0.15) is 0 Å². The van der Waals surface area contributed by atoms with Crippen LogP contribution < -0.4 is 10.5 Å². The van der Waals surface area contributed by atoms with Gasteiger partial charge in [0.05, 0.1) is 13.0 Å². The molecule has 3 N–H and O–H groups in total. The number of aryl methyl sites for hydroxylation is 1. The van der Waals surface area contributed by atoms with Crippen LogP contribution in [0.1, 0.15) is 49.3 Å². The van der Waals surface area contributed by atoms with E-state index in [-0.39, 0.29) is 12.5 Å². The summed E-state index contributed by atoms with van der Waals surface area (Å²) < 4.78 is 5.48. The van der Waals surface area contributed by atoms with Crippen LogP contribution in [0.3, 0.4) is 0 Å². The van der Waals surface area contributed by atoms with Crippen LogP contribution in [0.25, 0.3) is 0 Å². The molecule has 0 aliphatic rings. The summed E-state index contributed by atoms with van der Waals surface area (Å²) in [4.78, 5) is 11.3. The summed E-state index contributed by atoms with van der Waals surface area (Å²) in [5, 5.41) is 9.24. The first-order valence-corrected chi connectivity index (χ1v) is 6.59. The van der Waals surface area contributed by atoms with Crippen LogP contribution in [0.4, 0.5) is 0 Å². The van der Waals surface area contributed by atoms with Gasteiger partial charge in [0.2, 0.25) is 0 Å². The molecule has 0 aliphatic carbocycles. The van der Waals surface area contributed by atoms with E-state index in [0.29, 0.717) is 0 Å². The van der Waals surface area contributed by atoms with Crippen LogP contribution in [0.15, 0.2) is 12.1 Å². The molecule has 0 aliphatic heterocycles. The van der Waals surface area contributed by atoms with Crippen molar-refractivity contribution in [2.45, 2.75) is 39.0 Å². The van der Waals surface area contributed by atoms with Gasteiger partial charge in [-0.05, 0) is 29.0 Å². The van der Waals surface area contributed by atoms with E-state index >= 15 is 0 Å². The Kier molecular flexibility index (Phi) is 5.36. The van der Waals surface area contributed by atoms with Gasteiger partial charge in [-0.15, -0.1) is 0 Å². The van der Waals surface area contributed by atoms with E-state index in [0.717, 1.165) is 28.9 Å². The average Bonchev–Trinajstić information content (AvgIpc) is 2.37. The van der Waals surface area contributed by atoms with Crippen molar-refractivity contribution in [3.63, 3.8) is 0 Å². The fraction of sp³-hybridized carbons (Fsp3) is 0.533. The second-order valence-electron chi connectivity index (χ2n) is 4.94. The second-order valence-corrected chi connectivity index (χ2v) is 4.94. The lowest BCUT2D eigenvalue weighted by atomic mass is 9.90. The number of methoxy groups -OCH3 is 1. The zero-order chi connectivity index (χ0) is 14.6. The molecule has 1 atom stereocenters. The van der Waals surface area contributed by atoms with Crippen LogP contribution in [-0.4, -0.2) is 24.7 Å². The van der Waals surface area contributed by atoms with Crippen molar-refractivity contribution in [2.75, 3.05) is 13.7 Å². The minimum absolute atomic E-state index is 0.0996. The van der Waals surface area contributed by atoms with Gasteiger partial charge in [0.25, 0.3) is 0 Å².